The highest BCUT2D eigenvalue weighted by Crippen LogP contribution is 2.35. The van der Waals surface area contributed by atoms with Gasteiger partial charge >= 0.3 is 0 Å². The Morgan fingerprint density at radius 2 is 2.10 bits per heavy atom. The number of piperidine rings is 1. The van der Waals surface area contributed by atoms with Crippen molar-refractivity contribution in [2.24, 2.45) is 0 Å². The van der Waals surface area contributed by atoms with Crippen LogP contribution in [0.4, 0.5) is 0 Å². The number of ether oxygens (including phenoxy) is 2. The van der Waals surface area contributed by atoms with Crippen molar-refractivity contribution < 1.29 is 24.2 Å². The number of nitrogens with zero attached hydrogens (tertiary/aromatic N) is 2. The molecule has 3 aliphatic heterocycles. The first-order valence-corrected chi connectivity index (χ1v) is 11.1. The summed E-state index contributed by atoms with van der Waals surface area (Å²) in [6, 6.07) is 4.07. The van der Waals surface area contributed by atoms with Gasteiger partial charge in [-0.15, -0.1) is 0 Å². The van der Waals surface area contributed by atoms with E-state index in [1.54, 1.807) is 19.3 Å². The average molecular weight is 433 g/mol. The SMILES string of the molecule is CC(=O)N1CCC(NCC2OC3CC(CC(=O)NCc4cccnc4)OC3C2O)CC1. The minimum atomic E-state index is -0.710. The summed E-state index contributed by atoms with van der Waals surface area (Å²) in [6.07, 6.45) is 4.24. The fraction of sp³-hybridized carbons (Fsp3) is 0.682. The Morgan fingerprint density at radius 1 is 1.29 bits per heavy atom. The molecule has 170 valence electrons. The number of likely N-dealkylation sites (tertiary alicyclic amines) is 1. The number of carbonyl (C=O) groups excluding carboxylic acids is 2. The van der Waals surface area contributed by atoms with Crippen LogP contribution < -0.4 is 10.6 Å². The third kappa shape index (κ3) is 5.60. The summed E-state index contributed by atoms with van der Waals surface area (Å²) in [5, 5.41) is 17.0. The summed E-state index contributed by atoms with van der Waals surface area (Å²) >= 11 is 0. The van der Waals surface area contributed by atoms with Crippen LogP contribution in [0, 0.1) is 0 Å². The summed E-state index contributed by atoms with van der Waals surface area (Å²) < 4.78 is 12.0. The fourth-order valence-electron chi connectivity index (χ4n) is 4.67. The van der Waals surface area contributed by atoms with E-state index < -0.39 is 6.10 Å². The number of carbonyl (C=O) groups is 2. The summed E-state index contributed by atoms with van der Waals surface area (Å²) in [5.74, 6) is 0.0386. The minimum Gasteiger partial charge on any atom is -0.388 e. The van der Waals surface area contributed by atoms with Gasteiger partial charge in [-0.05, 0) is 24.5 Å². The Balaban J connectivity index is 1.16. The first-order valence-electron chi connectivity index (χ1n) is 11.1. The largest absolute Gasteiger partial charge is 0.388 e. The van der Waals surface area contributed by atoms with Gasteiger partial charge in [0.05, 0.1) is 24.7 Å². The monoisotopic (exact) mass is 432 g/mol. The van der Waals surface area contributed by atoms with Gasteiger partial charge in [0.25, 0.3) is 0 Å². The fourth-order valence-corrected chi connectivity index (χ4v) is 4.67. The molecule has 3 saturated heterocycles. The number of aliphatic hydroxyl groups excluding tert-OH is 1. The van der Waals surface area contributed by atoms with E-state index in [9.17, 15) is 14.7 Å². The van der Waals surface area contributed by atoms with E-state index >= 15 is 0 Å². The molecule has 2 amide bonds. The van der Waals surface area contributed by atoms with Gasteiger partial charge < -0.3 is 30.1 Å². The number of nitrogens with one attached hydrogen (secondary N) is 2. The number of amides is 2. The Labute approximate surface area is 182 Å². The molecule has 31 heavy (non-hydrogen) atoms. The normalized spacial score (nSPS) is 30.9. The van der Waals surface area contributed by atoms with Crippen LogP contribution >= 0.6 is 0 Å². The second-order valence-electron chi connectivity index (χ2n) is 8.69. The molecule has 0 saturated carbocycles. The van der Waals surface area contributed by atoms with Crippen LogP contribution in [0.25, 0.3) is 0 Å². The van der Waals surface area contributed by atoms with Gasteiger partial charge in [-0.2, -0.15) is 0 Å². The van der Waals surface area contributed by atoms with E-state index in [1.165, 1.54) is 0 Å². The molecule has 0 radical (unpaired) electrons. The molecule has 3 fully saturated rings. The number of aliphatic hydroxyl groups is 1. The van der Waals surface area contributed by atoms with Crippen LogP contribution in [0.2, 0.25) is 0 Å². The molecule has 3 N–H and O–H groups in total. The van der Waals surface area contributed by atoms with Crippen molar-refractivity contribution >= 4 is 11.8 Å². The van der Waals surface area contributed by atoms with Gasteiger partial charge in [-0.3, -0.25) is 14.6 Å². The molecule has 0 bridgehead atoms. The summed E-state index contributed by atoms with van der Waals surface area (Å²) in [4.78, 5) is 29.6. The first-order chi connectivity index (χ1) is 15.0. The molecule has 0 spiro atoms. The number of fused-ring (bicyclic) bond motifs is 1. The van der Waals surface area contributed by atoms with Gasteiger partial charge in [0.1, 0.15) is 12.2 Å². The van der Waals surface area contributed by atoms with Crippen LogP contribution in [0.3, 0.4) is 0 Å². The third-order valence-electron chi connectivity index (χ3n) is 6.45. The van der Waals surface area contributed by atoms with Crippen molar-refractivity contribution in [1.82, 2.24) is 20.5 Å². The highest BCUT2D eigenvalue weighted by atomic mass is 16.6. The quantitative estimate of drug-likeness (QED) is 0.555. The lowest BCUT2D eigenvalue weighted by Gasteiger charge is -2.32. The van der Waals surface area contributed by atoms with E-state index in [0.717, 1.165) is 31.5 Å². The zero-order valence-corrected chi connectivity index (χ0v) is 17.9. The predicted molar refractivity (Wildman–Crippen MR) is 112 cm³/mol. The molecular formula is C22H32N4O5. The maximum absolute atomic E-state index is 12.2. The van der Waals surface area contributed by atoms with Crippen molar-refractivity contribution in [3.8, 4) is 0 Å². The molecule has 1 aromatic rings. The highest BCUT2D eigenvalue weighted by molar-refractivity contribution is 5.76. The van der Waals surface area contributed by atoms with Crippen molar-refractivity contribution in [1.29, 1.82) is 0 Å². The summed E-state index contributed by atoms with van der Waals surface area (Å²) in [5.41, 5.74) is 0.945. The number of hydrogen-bond donors (Lipinski definition) is 3. The Hall–Kier alpha value is -2.07. The predicted octanol–water partition coefficient (Wildman–Crippen LogP) is -0.0258. The molecule has 9 heteroatoms. The van der Waals surface area contributed by atoms with Crippen LogP contribution in [0.5, 0.6) is 0 Å². The smallest absolute Gasteiger partial charge is 0.222 e. The molecule has 4 rings (SSSR count). The molecule has 1 aromatic heterocycles. The summed E-state index contributed by atoms with van der Waals surface area (Å²) in [6.45, 7) is 4.12. The average Bonchev–Trinajstić information content (AvgIpc) is 3.30. The maximum Gasteiger partial charge on any atom is 0.222 e. The topological polar surface area (TPSA) is 113 Å². The number of rotatable bonds is 7. The Kier molecular flexibility index (Phi) is 7.16. The van der Waals surface area contributed by atoms with Crippen molar-refractivity contribution in [2.45, 2.75) is 75.7 Å². The zero-order chi connectivity index (χ0) is 21.8. The van der Waals surface area contributed by atoms with Gasteiger partial charge in [-0.1, -0.05) is 6.07 Å². The van der Waals surface area contributed by atoms with E-state index in [2.05, 4.69) is 15.6 Å². The number of aromatic nitrogens is 1. The van der Waals surface area contributed by atoms with Crippen molar-refractivity contribution in [3.63, 3.8) is 0 Å². The summed E-state index contributed by atoms with van der Waals surface area (Å²) in [7, 11) is 0. The number of hydrogen-bond acceptors (Lipinski definition) is 7. The minimum absolute atomic E-state index is 0.0848. The lowest BCUT2D eigenvalue weighted by Crippen LogP contribution is -2.47. The lowest BCUT2D eigenvalue weighted by atomic mass is 10.0. The standard InChI is InChI=1S/C22H32N4O5/c1-14(27)26-7-4-16(5-8-26)24-13-19-21(29)22-18(31-19)9-17(30-22)10-20(28)25-12-15-3-2-6-23-11-15/h2-3,6,11,16-19,21-22,24,29H,4-5,7-10,12-13H2,1H3,(H,25,28). The van der Waals surface area contributed by atoms with E-state index in [4.69, 9.17) is 9.47 Å². The van der Waals surface area contributed by atoms with Crippen molar-refractivity contribution in [3.05, 3.63) is 30.1 Å². The van der Waals surface area contributed by atoms with Crippen LogP contribution in [0.15, 0.2) is 24.5 Å². The zero-order valence-electron chi connectivity index (χ0n) is 17.9. The molecule has 9 nitrogen and oxygen atoms in total. The van der Waals surface area contributed by atoms with Gasteiger partial charge in [0, 0.05) is 58.0 Å². The lowest BCUT2D eigenvalue weighted by molar-refractivity contribution is -0.130. The molecular weight excluding hydrogens is 400 g/mol. The molecule has 3 aliphatic rings. The second-order valence-corrected chi connectivity index (χ2v) is 8.69. The Morgan fingerprint density at radius 3 is 2.77 bits per heavy atom. The van der Waals surface area contributed by atoms with Gasteiger partial charge in [0.2, 0.25) is 11.8 Å². The van der Waals surface area contributed by atoms with Crippen molar-refractivity contribution in [2.75, 3.05) is 19.6 Å². The number of pyridine rings is 1. The second kappa shape index (κ2) is 10.0. The van der Waals surface area contributed by atoms with E-state index in [1.807, 2.05) is 17.0 Å². The maximum atomic E-state index is 12.2. The van der Waals surface area contributed by atoms with Crippen LogP contribution in [-0.4, -0.2) is 83.0 Å². The van der Waals surface area contributed by atoms with Gasteiger partial charge in [0.15, 0.2) is 0 Å². The Bertz CT molecular complexity index is 756. The highest BCUT2D eigenvalue weighted by Gasteiger charge is 2.50. The first kappa shape index (κ1) is 22.1. The molecule has 5 atom stereocenters. The molecule has 0 aliphatic carbocycles. The van der Waals surface area contributed by atoms with Gasteiger partial charge in [-0.25, -0.2) is 0 Å². The molecule has 4 heterocycles. The van der Waals surface area contributed by atoms with Crippen LogP contribution in [0.1, 0.15) is 38.2 Å². The third-order valence-corrected chi connectivity index (χ3v) is 6.45. The van der Waals surface area contributed by atoms with E-state index in [0.29, 0.717) is 25.6 Å². The molecule has 5 unspecified atom stereocenters. The van der Waals surface area contributed by atoms with Crippen LogP contribution in [-0.2, 0) is 25.6 Å². The molecule has 0 aromatic carbocycles. The van der Waals surface area contributed by atoms with E-state index in [-0.39, 0.29) is 42.7 Å².